The molecule has 5 heteroatoms. The molecule has 4 nitrogen and oxygen atoms in total. The number of thioether (sulfide) groups is 1. The van der Waals surface area contributed by atoms with E-state index in [1.807, 2.05) is 0 Å². The number of aliphatic carboxylic acids is 1. The van der Waals surface area contributed by atoms with Crippen LogP contribution >= 0.6 is 11.8 Å². The monoisotopic (exact) mass is 484 g/mol. The number of carboxylic acids is 1. The molecular weight excluding hydrogens is 440 g/mol. The largest absolute Gasteiger partial charge is 0.481 e. The highest BCUT2D eigenvalue weighted by atomic mass is 32.2. The zero-order valence-corrected chi connectivity index (χ0v) is 22.7. The van der Waals surface area contributed by atoms with Crippen LogP contribution in [0.3, 0.4) is 0 Å². The molecule has 1 aromatic carbocycles. The summed E-state index contributed by atoms with van der Waals surface area (Å²) in [6.07, 6.45) is 6.64. The minimum Gasteiger partial charge on any atom is -0.481 e. The van der Waals surface area contributed by atoms with E-state index in [0.717, 1.165) is 50.3 Å². The van der Waals surface area contributed by atoms with E-state index < -0.39 is 5.97 Å². The van der Waals surface area contributed by atoms with Crippen molar-refractivity contribution < 1.29 is 9.90 Å². The highest BCUT2D eigenvalue weighted by molar-refractivity contribution is 8.05. The average molecular weight is 485 g/mol. The van der Waals surface area contributed by atoms with Crippen LogP contribution in [0.15, 0.2) is 35.2 Å². The zero-order chi connectivity index (χ0) is 24.9. The van der Waals surface area contributed by atoms with Crippen molar-refractivity contribution in [1.82, 2.24) is 10.2 Å². The van der Waals surface area contributed by atoms with Gasteiger partial charge in [0.1, 0.15) is 0 Å². The number of rotatable bonds is 10. The number of unbranched alkanes of at least 4 members (excludes halogenated alkanes) is 1. The Bertz CT molecular complexity index is 911. The van der Waals surface area contributed by atoms with Crippen molar-refractivity contribution >= 4 is 23.3 Å². The molecular formula is C29H44N2O2S. The highest BCUT2D eigenvalue weighted by Gasteiger charge is 2.36. The maximum atomic E-state index is 10.6. The molecule has 3 rings (SSSR count). The Morgan fingerprint density at radius 2 is 1.79 bits per heavy atom. The molecule has 1 aromatic rings. The van der Waals surface area contributed by atoms with Crippen molar-refractivity contribution in [3.63, 3.8) is 0 Å². The van der Waals surface area contributed by atoms with Crippen molar-refractivity contribution in [3.8, 4) is 0 Å². The van der Waals surface area contributed by atoms with Crippen LogP contribution in [0.5, 0.6) is 0 Å². The van der Waals surface area contributed by atoms with Crippen LogP contribution in [0.1, 0.15) is 96.3 Å². The second kappa shape index (κ2) is 11.3. The van der Waals surface area contributed by atoms with Crippen molar-refractivity contribution in [2.24, 2.45) is 0 Å². The van der Waals surface area contributed by atoms with E-state index in [1.165, 1.54) is 35.1 Å². The van der Waals surface area contributed by atoms with E-state index in [-0.39, 0.29) is 17.3 Å². The average Bonchev–Trinajstić information content (AvgIpc) is 2.80. The van der Waals surface area contributed by atoms with E-state index >= 15 is 0 Å². The Hall–Kier alpha value is -1.72. The molecule has 0 saturated carbocycles. The summed E-state index contributed by atoms with van der Waals surface area (Å²) < 4.78 is 0. The summed E-state index contributed by atoms with van der Waals surface area (Å²) >= 11 is 1.74. The number of likely N-dealkylation sites (tertiary alicyclic amines) is 1. The van der Waals surface area contributed by atoms with E-state index in [0.29, 0.717) is 6.04 Å². The van der Waals surface area contributed by atoms with Crippen LogP contribution in [0.25, 0.3) is 5.57 Å². The van der Waals surface area contributed by atoms with E-state index in [9.17, 15) is 4.79 Å². The first-order valence-electron chi connectivity index (χ1n) is 12.9. The molecule has 1 heterocycles. The van der Waals surface area contributed by atoms with Gasteiger partial charge >= 0.3 is 5.97 Å². The first kappa shape index (κ1) is 26.9. The van der Waals surface area contributed by atoms with Gasteiger partial charge in [-0.25, -0.2) is 0 Å². The Labute approximate surface area is 211 Å². The standard InChI is InChI=1S/C29H44N2O2S/c1-21(23-10-11-25-26(19-23)29(5,6)15-14-28(25,3)4)20-34-22(2)31-17-12-24(13-18-31)30-16-8-7-9-27(32)33/h10-11,19-20,24,30H,2,7-9,12-18H2,1,3-6H3,(H,32,33)/b21-20+. The minimum absolute atomic E-state index is 0.229. The van der Waals surface area contributed by atoms with Crippen molar-refractivity contribution in [2.75, 3.05) is 19.6 Å². The van der Waals surface area contributed by atoms with Crippen LogP contribution in [0.4, 0.5) is 0 Å². The molecule has 0 amide bonds. The van der Waals surface area contributed by atoms with Crippen molar-refractivity contribution in [1.29, 1.82) is 0 Å². The minimum atomic E-state index is -0.701. The number of allylic oxidation sites excluding steroid dienone is 1. The van der Waals surface area contributed by atoms with Gasteiger partial charge in [0.25, 0.3) is 0 Å². The molecule has 0 unspecified atom stereocenters. The predicted octanol–water partition coefficient (Wildman–Crippen LogP) is 6.91. The maximum absolute atomic E-state index is 10.6. The van der Waals surface area contributed by atoms with E-state index in [4.69, 9.17) is 5.11 Å². The lowest BCUT2D eigenvalue weighted by Gasteiger charge is -2.42. The Balaban J connectivity index is 1.51. The molecule has 0 radical (unpaired) electrons. The molecule has 0 atom stereocenters. The Kier molecular flexibility index (Phi) is 8.97. The molecule has 0 aromatic heterocycles. The summed E-state index contributed by atoms with van der Waals surface area (Å²) in [7, 11) is 0. The fourth-order valence-corrected chi connectivity index (χ4v) is 5.95. The molecule has 1 aliphatic heterocycles. The van der Waals surface area contributed by atoms with Crippen molar-refractivity contribution in [2.45, 2.75) is 96.4 Å². The number of fused-ring (bicyclic) bond motifs is 1. The van der Waals surface area contributed by atoms with Crippen molar-refractivity contribution in [3.05, 3.63) is 51.9 Å². The van der Waals surface area contributed by atoms with Crippen LogP contribution < -0.4 is 5.32 Å². The maximum Gasteiger partial charge on any atom is 0.303 e. The number of nitrogens with one attached hydrogen (secondary N) is 1. The van der Waals surface area contributed by atoms with Gasteiger partial charge in [0.2, 0.25) is 0 Å². The lowest BCUT2D eigenvalue weighted by molar-refractivity contribution is -0.137. The van der Waals surface area contributed by atoms with Crippen LogP contribution in [-0.4, -0.2) is 41.7 Å². The number of carboxylic acid groups (broad SMARTS) is 1. The molecule has 0 spiro atoms. The predicted molar refractivity (Wildman–Crippen MR) is 146 cm³/mol. The molecule has 2 aliphatic rings. The van der Waals surface area contributed by atoms with Gasteiger partial charge in [0, 0.05) is 25.6 Å². The summed E-state index contributed by atoms with van der Waals surface area (Å²) in [6.45, 7) is 19.0. The summed E-state index contributed by atoms with van der Waals surface area (Å²) in [5.41, 5.74) is 6.11. The third-order valence-corrected chi connectivity index (χ3v) is 8.78. The van der Waals surface area contributed by atoms with Crippen LogP contribution in [-0.2, 0) is 15.6 Å². The van der Waals surface area contributed by atoms with Crippen LogP contribution in [0, 0.1) is 0 Å². The molecule has 1 saturated heterocycles. The first-order chi connectivity index (χ1) is 16.0. The lowest BCUT2D eigenvalue weighted by Crippen LogP contribution is -2.41. The second-order valence-electron chi connectivity index (χ2n) is 11.4. The zero-order valence-electron chi connectivity index (χ0n) is 21.9. The number of hydrogen-bond donors (Lipinski definition) is 2. The molecule has 1 fully saturated rings. The highest BCUT2D eigenvalue weighted by Crippen LogP contribution is 2.46. The van der Waals surface area contributed by atoms with Gasteiger partial charge in [-0.1, -0.05) is 64.2 Å². The summed E-state index contributed by atoms with van der Waals surface area (Å²) in [5, 5.41) is 15.7. The molecule has 2 N–H and O–H groups in total. The van der Waals surface area contributed by atoms with Gasteiger partial charge < -0.3 is 15.3 Å². The fraction of sp³-hybridized carbons (Fsp3) is 0.621. The number of nitrogens with zero attached hydrogens (tertiary/aromatic N) is 1. The smallest absolute Gasteiger partial charge is 0.303 e. The molecule has 34 heavy (non-hydrogen) atoms. The molecule has 188 valence electrons. The normalized spacial score (nSPS) is 20.1. The third-order valence-electron chi connectivity index (χ3n) is 7.78. The van der Waals surface area contributed by atoms with Gasteiger partial charge in [-0.05, 0) is 90.5 Å². The summed E-state index contributed by atoms with van der Waals surface area (Å²) in [5.74, 6) is -0.701. The number of carbonyl (C=O) groups is 1. The number of benzene rings is 1. The summed E-state index contributed by atoms with van der Waals surface area (Å²) in [4.78, 5) is 13.0. The van der Waals surface area contributed by atoms with Gasteiger partial charge in [-0.2, -0.15) is 0 Å². The van der Waals surface area contributed by atoms with Gasteiger partial charge in [-0.15, -0.1) is 0 Å². The summed E-state index contributed by atoms with van der Waals surface area (Å²) in [6, 6.07) is 7.62. The number of hydrogen-bond acceptors (Lipinski definition) is 4. The van der Waals surface area contributed by atoms with Gasteiger partial charge in [0.05, 0.1) is 5.03 Å². The molecule has 0 bridgehead atoms. The third kappa shape index (κ3) is 6.91. The van der Waals surface area contributed by atoms with E-state index in [2.05, 4.69) is 75.0 Å². The molecule has 1 aliphatic carbocycles. The topological polar surface area (TPSA) is 52.6 Å². The first-order valence-corrected chi connectivity index (χ1v) is 13.8. The van der Waals surface area contributed by atoms with Crippen LogP contribution in [0.2, 0.25) is 0 Å². The van der Waals surface area contributed by atoms with Gasteiger partial charge in [0.15, 0.2) is 0 Å². The van der Waals surface area contributed by atoms with E-state index in [1.54, 1.807) is 11.8 Å². The SMILES string of the molecule is C=C(S/C=C(\C)c1ccc2c(c1)C(C)(C)CCC2(C)C)N1CCC(NCCCCC(=O)O)CC1. The van der Waals surface area contributed by atoms with Gasteiger partial charge in [-0.3, -0.25) is 4.79 Å². The second-order valence-corrected chi connectivity index (χ2v) is 12.3. The fourth-order valence-electron chi connectivity index (χ4n) is 5.17. The Morgan fingerprint density at radius 3 is 2.44 bits per heavy atom. The lowest BCUT2D eigenvalue weighted by atomic mass is 9.63. The Morgan fingerprint density at radius 1 is 1.15 bits per heavy atom. The quantitative estimate of drug-likeness (QED) is 0.353. The number of piperidine rings is 1.